The number of aryl methyl sites for hydroxylation is 3. The summed E-state index contributed by atoms with van der Waals surface area (Å²) >= 11 is 0. The first kappa shape index (κ1) is 14.6. The van der Waals surface area contributed by atoms with Crippen molar-refractivity contribution in [2.24, 2.45) is 0 Å². The van der Waals surface area contributed by atoms with Gasteiger partial charge in [-0.1, -0.05) is 0 Å². The summed E-state index contributed by atoms with van der Waals surface area (Å²) in [6.45, 7) is 6.47. The lowest BCUT2D eigenvalue weighted by Crippen LogP contribution is -2.11. The summed E-state index contributed by atoms with van der Waals surface area (Å²) in [4.78, 5) is 4.49. The highest BCUT2D eigenvalue weighted by molar-refractivity contribution is 5.28. The first-order valence-electron chi connectivity index (χ1n) is 6.96. The lowest BCUT2D eigenvalue weighted by Gasteiger charge is -2.09. The van der Waals surface area contributed by atoms with Gasteiger partial charge in [-0.25, -0.2) is 4.98 Å². The van der Waals surface area contributed by atoms with Crippen LogP contribution < -0.4 is 5.32 Å². The number of hydrogen-bond donors (Lipinski definition) is 2. The molecule has 6 heteroatoms. The fourth-order valence-corrected chi connectivity index (χ4v) is 2.15. The van der Waals surface area contributed by atoms with E-state index < -0.39 is 0 Å². The molecule has 2 N–H and O–H groups in total. The van der Waals surface area contributed by atoms with Crippen LogP contribution >= 0.6 is 0 Å². The number of anilines is 1. The second kappa shape index (κ2) is 7.09. The molecule has 2 aromatic heterocycles. The SMILES string of the molecule is COCCn1cc(C)nc1NCCCc1cn[nH]c1C. The number of imidazole rings is 1. The molecule has 110 valence electrons. The molecule has 0 radical (unpaired) electrons. The second-order valence-electron chi connectivity index (χ2n) is 4.94. The topological polar surface area (TPSA) is 67.8 Å². The largest absolute Gasteiger partial charge is 0.383 e. The van der Waals surface area contributed by atoms with Crippen LogP contribution in [0.1, 0.15) is 23.4 Å². The highest BCUT2D eigenvalue weighted by Crippen LogP contribution is 2.10. The monoisotopic (exact) mass is 277 g/mol. The van der Waals surface area contributed by atoms with Crippen molar-refractivity contribution in [3.63, 3.8) is 0 Å². The van der Waals surface area contributed by atoms with Crippen LogP contribution in [-0.2, 0) is 17.7 Å². The fourth-order valence-electron chi connectivity index (χ4n) is 2.15. The third-order valence-electron chi connectivity index (χ3n) is 3.27. The van der Waals surface area contributed by atoms with E-state index in [1.54, 1.807) is 7.11 Å². The van der Waals surface area contributed by atoms with Crippen LogP contribution in [0, 0.1) is 13.8 Å². The summed E-state index contributed by atoms with van der Waals surface area (Å²) in [5.41, 5.74) is 3.46. The minimum atomic E-state index is 0.693. The van der Waals surface area contributed by atoms with Gasteiger partial charge in [0.2, 0.25) is 5.95 Å². The van der Waals surface area contributed by atoms with Gasteiger partial charge in [0.1, 0.15) is 0 Å². The number of rotatable bonds is 8. The number of aromatic amines is 1. The Hall–Kier alpha value is -1.82. The van der Waals surface area contributed by atoms with E-state index in [4.69, 9.17) is 4.74 Å². The number of aromatic nitrogens is 4. The zero-order chi connectivity index (χ0) is 14.4. The predicted octanol–water partition coefficient (Wildman–Crippen LogP) is 1.91. The molecule has 0 aliphatic heterocycles. The van der Waals surface area contributed by atoms with Crippen LogP contribution in [0.4, 0.5) is 5.95 Å². The van der Waals surface area contributed by atoms with Crippen molar-refractivity contribution in [2.75, 3.05) is 25.6 Å². The standard InChI is InChI=1S/C14H23N5O/c1-11-10-19(7-8-20-3)14(17-11)15-6-4-5-13-9-16-18-12(13)2/h9-10H,4-8H2,1-3H3,(H,15,17)(H,16,18). The Morgan fingerprint density at radius 1 is 1.40 bits per heavy atom. The van der Waals surface area contributed by atoms with Crippen molar-refractivity contribution in [2.45, 2.75) is 33.2 Å². The lowest BCUT2D eigenvalue weighted by molar-refractivity contribution is 0.187. The fraction of sp³-hybridized carbons (Fsp3) is 0.571. The van der Waals surface area contributed by atoms with Crippen LogP contribution in [0.3, 0.4) is 0 Å². The molecule has 0 aliphatic carbocycles. The van der Waals surface area contributed by atoms with Gasteiger partial charge in [0.15, 0.2) is 0 Å². The maximum Gasteiger partial charge on any atom is 0.203 e. The number of ether oxygens (including phenoxy) is 1. The first-order chi connectivity index (χ1) is 9.70. The average Bonchev–Trinajstić information content (AvgIpc) is 2.98. The van der Waals surface area contributed by atoms with E-state index in [1.165, 1.54) is 5.56 Å². The predicted molar refractivity (Wildman–Crippen MR) is 79.0 cm³/mol. The maximum atomic E-state index is 5.11. The van der Waals surface area contributed by atoms with Crippen LogP contribution in [0.5, 0.6) is 0 Å². The third kappa shape index (κ3) is 3.84. The summed E-state index contributed by atoms with van der Waals surface area (Å²) < 4.78 is 7.21. The maximum absolute atomic E-state index is 5.11. The van der Waals surface area contributed by atoms with Crippen molar-refractivity contribution in [1.82, 2.24) is 19.7 Å². The zero-order valence-electron chi connectivity index (χ0n) is 12.4. The Morgan fingerprint density at radius 3 is 2.95 bits per heavy atom. The quantitative estimate of drug-likeness (QED) is 0.723. The van der Waals surface area contributed by atoms with Crippen LogP contribution in [0.15, 0.2) is 12.4 Å². The molecule has 0 spiro atoms. The summed E-state index contributed by atoms with van der Waals surface area (Å²) in [7, 11) is 1.71. The molecule has 2 rings (SSSR count). The smallest absolute Gasteiger partial charge is 0.203 e. The minimum Gasteiger partial charge on any atom is -0.383 e. The molecule has 0 bridgehead atoms. The lowest BCUT2D eigenvalue weighted by atomic mass is 10.1. The van der Waals surface area contributed by atoms with Crippen LogP contribution in [0.25, 0.3) is 0 Å². The number of H-pyrrole nitrogens is 1. The van der Waals surface area contributed by atoms with Crippen LogP contribution in [0.2, 0.25) is 0 Å². The van der Waals surface area contributed by atoms with E-state index in [-0.39, 0.29) is 0 Å². The van der Waals surface area contributed by atoms with Gasteiger partial charge in [-0.2, -0.15) is 5.10 Å². The molecule has 0 fully saturated rings. The van der Waals surface area contributed by atoms with Crippen molar-refractivity contribution < 1.29 is 4.74 Å². The third-order valence-corrected chi connectivity index (χ3v) is 3.27. The van der Waals surface area contributed by atoms with Gasteiger partial charge >= 0.3 is 0 Å². The molecule has 2 aromatic rings. The number of methoxy groups -OCH3 is 1. The molecule has 0 aliphatic rings. The Morgan fingerprint density at radius 2 is 2.25 bits per heavy atom. The normalized spacial score (nSPS) is 10.9. The molecular weight excluding hydrogens is 254 g/mol. The first-order valence-corrected chi connectivity index (χ1v) is 6.96. The number of hydrogen-bond acceptors (Lipinski definition) is 4. The van der Waals surface area contributed by atoms with Gasteiger partial charge in [-0.3, -0.25) is 5.10 Å². The van der Waals surface area contributed by atoms with Gasteiger partial charge in [-0.15, -0.1) is 0 Å². The Kier molecular flexibility index (Phi) is 5.17. The van der Waals surface area contributed by atoms with E-state index in [9.17, 15) is 0 Å². The molecule has 2 heterocycles. The van der Waals surface area contributed by atoms with Gasteiger partial charge in [-0.05, 0) is 32.3 Å². The molecule has 0 unspecified atom stereocenters. The van der Waals surface area contributed by atoms with Crippen LogP contribution in [-0.4, -0.2) is 40.0 Å². The van der Waals surface area contributed by atoms with Gasteiger partial charge in [0, 0.05) is 32.1 Å². The van der Waals surface area contributed by atoms with E-state index in [0.29, 0.717) is 6.61 Å². The number of nitrogens with one attached hydrogen (secondary N) is 2. The molecule has 0 saturated heterocycles. The highest BCUT2D eigenvalue weighted by Gasteiger charge is 2.05. The molecule has 20 heavy (non-hydrogen) atoms. The van der Waals surface area contributed by atoms with Crippen molar-refractivity contribution in [3.8, 4) is 0 Å². The molecule has 0 atom stereocenters. The summed E-state index contributed by atoms with van der Waals surface area (Å²) in [5.74, 6) is 0.920. The van der Waals surface area contributed by atoms with Gasteiger partial charge in [0.05, 0.1) is 18.5 Å². The zero-order valence-corrected chi connectivity index (χ0v) is 12.4. The summed E-state index contributed by atoms with van der Waals surface area (Å²) in [6, 6.07) is 0. The average molecular weight is 277 g/mol. The van der Waals surface area contributed by atoms with Gasteiger partial charge < -0.3 is 14.6 Å². The Balaban J connectivity index is 1.80. The Bertz CT molecular complexity index is 531. The van der Waals surface area contributed by atoms with E-state index in [1.807, 2.05) is 19.3 Å². The molecule has 0 aromatic carbocycles. The molecule has 6 nitrogen and oxygen atoms in total. The summed E-state index contributed by atoms with van der Waals surface area (Å²) in [6.07, 6.45) is 6.02. The minimum absolute atomic E-state index is 0.693. The van der Waals surface area contributed by atoms with E-state index >= 15 is 0 Å². The van der Waals surface area contributed by atoms with E-state index in [2.05, 4.69) is 32.0 Å². The van der Waals surface area contributed by atoms with Crippen molar-refractivity contribution in [1.29, 1.82) is 0 Å². The molecule has 0 saturated carbocycles. The van der Waals surface area contributed by atoms with E-state index in [0.717, 1.165) is 43.3 Å². The molecule has 0 amide bonds. The Labute approximate surface area is 119 Å². The van der Waals surface area contributed by atoms with Crippen molar-refractivity contribution in [3.05, 3.63) is 29.3 Å². The second-order valence-corrected chi connectivity index (χ2v) is 4.94. The molecular formula is C14H23N5O. The van der Waals surface area contributed by atoms with Gasteiger partial charge in [0.25, 0.3) is 0 Å². The summed E-state index contributed by atoms with van der Waals surface area (Å²) in [5, 5.41) is 10.4. The highest BCUT2D eigenvalue weighted by atomic mass is 16.5. The number of nitrogens with zero attached hydrogens (tertiary/aromatic N) is 3. The van der Waals surface area contributed by atoms with Crippen molar-refractivity contribution >= 4 is 5.95 Å².